The molecule has 0 radical (unpaired) electrons. The first-order valence-electron chi connectivity index (χ1n) is 9.65. The lowest BCUT2D eigenvalue weighted by Gasteiger charge is -2.12. The van der Waals surface area contributed by atoms with Gasteiger partial charge >= 0.3 is 0 Å². The van der Waals surface area contributed by atoms with E-state index in [0.717, 1.165) is 17.3 Å². The maximum absolute atomic E-state index is 12.2. The molecular weight excluding hydrogens is 436 g/mol. The summed E-state index contributed by atoms with van der Waals surface area (Å²) in [6.45, 7) is 6.67. The van der Waals surface area contributed by atoms with Crippen molar-refractivity contribution in [3.05, 3.63) is 58.1 Å². The Hall–Kier alpha value is -2.54. The Bertz CT molecular complexity index is 839. The summed E-state index contributed by atoms with van der Waals surface area (Å²) in [6.07, 6.45) is 1.98. The average Bonchev–Trinajstić information content (AvgIpc) is 2.71. The molecule has 0 aliphatic carbocycles. The van der Waals surface area contributed by atoms with Crippen molar-refractivity contribution in [2.24, 2.45) is 0 Å². The highest BCUT2D eigenvalue weighted by Crippen LogP contribution is 2.28. The molecule has 0 heterocycles. The van der Waals surface area contributed by atoms with Crippen LogP contribution in [0, 0.1) is 0 Å². The van der Waals surface area contributed by atoms with Crippen molar-refractivity contribution in [3.63, 3.8) is 0 Å². The van der Waals surface area contributed by atoms with Gasteiger partial charge in [0.1, 0.15) is 11.5 Å². The average molecular weight is 463 g/mol. The highest BCUT2D eigenvalue weighted by atomic mass is 79.9. The van der Waals surface area contributed by atoms with E-state index in [2.05, 4.69) is 47.6 Å². The lowest BCUT2D eigenvalue weighted by atomic mass is 10.0. The first-order chi connectivity index (χ1) is 13.9. The van der Waals surface area contributed by atoms with Crippen LogP contribution in [0.5, 0.6) is 11.5 Å². The molecule has 0 aliphatic heterocycles. The molecule has 2 rings (SSSR count). The Morgan fingerprint density at radius 2 is 1.86 bits per heavy atom. The maximum atomic E-state index is 12.2. The molecule has 7 heteroatoms. The fourth-order valence-corrected chi connectivity index (χ4v) is 2.94. The molecule has 0 spiro atoms. The molecule has 2 aromatic carbocycles. The molecule has 0 aromatic heterocycles. The molecule has 0 saturated heterocycles. The van der Waals surface area contributed by atoms with Crippen molar-refractivity contribution in [1.29, 1.82) is 0 Å². The summed E-state index contributed by atoms with van der Waals surface area (Å²) in [4.78, 5) is 24.2. The molecule has 6 nitrogen and oxygen atoms in total. The van der Waals surface area contributed by atoms with Gasteiger partial charge in [-0.2, -0.15) is 0 Å². The van der Waals surface area contributed by atoms with Crippen LogP contribution < -0.4 is 20.3 Å². The van der Waals surface area contributed by atoms with Crippen molar-refractivity contribution in [3.8, 4) is 11.5 Å². The van der Waals surface area contributed by atoms with Crippen LogP contribution in [0.4, 0.5) is 0 Å². The van der Waals surface area contributed by atoms with Gasteiger partial charge in [-0.15, -0.1) is 0 Å². The minimum atomic E-state index is -0.464. The topological polar surface area (TPSA) is 76.7 Å². The van der Waals surface area contributed by atoms with E-state index in [0.29, 0.717) is 29.6 Å². The van der Waals surface area contributed by atoms with E-state index in [9.17, 15) is 9.59 Å². The molecule has 2 amide bonds. The molecule has 29 heavy (non-hydrogen) atoms. The molecule has 156 valence electrons. The van der Waals surface area contributed by atoms with Gasteiger partial charge in [0.2, 0.25) is 0 Å². The number of amides is 2. The Balaban J connectivity index is 1.81. The molecule has 2 aromatic rings. The van der Waals surface area contributed by atoms with Crippen LogP contribution in [0.3, 0.4) is 0 Å². The number of carbonyl (C=O) groups excluding carboxylic acids is 2. The van der Waals surface area contributed by atoms with Crippen molar-refractivity contribution < 1.29 is 19.1 Å². The predicted octanol–water partition coefficient (Wildman–Crippen LogP) is 4.59. The molecule has 0 bridgehead atoms. The zero-order valence-corrected chi connectivity index (χ0v) is 18.5. The van der Waals surface area contributed by atoms with Gasteiger partial charge in [-0.3, -0.25) is 20.4 Å². The first kappa shape index (κ1) is 22.7. The van der Waals surface area contributed by atoms with Crippen molar-refractivity contribution in [2.75, 3.05) is 13.2 Å². The number of hydrogen-bond acceptors (Lipinski definition) is 4. The summed E-state index contributed by atoms with van der Waals surface area (Å²) in [5.74, 6) is 0.688. The Morgan fingerprint density at radius 3 is 2.55 bits per heavy atom. The first-order valence-corrected chi connectivity index (χ1v) is 10.4. The van der Waals surface area contributed by atoms with E-state index in [1.807, 2.05) is 18.2 Å². The van der Waals surface area contributed by atoms with Gasteiger partial charge in [0, 0.05) is 5.56 Å². The van der Waals surface area contributed by atoms with E-state index >= 15 is 0 Å². The molecule has 0 fully saturated rings. The zero-order chi connectivity index (χ0) is 21.2. The van der Waals surface area contributed by atoms with Crippen LogP contribution >= 0.6 is 15.9 Å². The highest BCUT2D eigenvalue weighted by molar-refractivity contribution is 9.10. The van der Waals surface area contributed by atoms with Crippen molar-refractivity contribution in [1.82, 2.24) is 10.9 Å². The summed E-state index contributed by atoms with van der Waals surface area (Å²) < 4.78 is 11.9. The van der Waals surface area contributed by atoms with Gasteiger partial charge < -0.3 is 9.47 Å². The van der Waals surface area contributed by atoms with Crippen molar-refractivity contribution in [2.45, 2.75) is 39.5 Å². The second kappa shape index (κ2) is 11.5. The van der Waals surface area contributed by atoms with Crippen LogP contribution in [-0.4, -0.2) is 25.0 Å². The van der Waals surface area contributed by atoms with Crippen LogP contribution in [0.1, 0.15) is 55.5 Å². The maximum Gasteiger partial charge on any atom is 0.276 e. The van der Waals surface area contributed by atoms with E-state index in [4.69, 9.17) is 9.47 Å². The zero-order valence-electron chi connectivity index (χ0n) is 17.0. The van der Waals surface area contributed by atoms with Crippen LogP contribution in [-0.2, 0) is 4.79 Å². The summed E-state index contributed by atoms with van der Waals surface area (Å²) in [7, 11) is 0. The second-order valence-corrected chi connectivity index (χ2v) is 7.72. The predicted molar refractivity (Wildman–Crippen MR) is 116 cm³/mol. The molecule has 2 N–H and O–H groups in total. The number of rotatable bonds is 9. The fraction of sp³-hybridized carbons (Fsp3) is 0.364. The standard InChI is InChI=1S/C22H27BrN2O4/c1-4-5-11-28-18-8-6-7-17(12-18)22(27)25-24-21(26)14-29-20-10-9-16(15(2)3)13-19(20)23/h6-10,12-13,15H,4-5,11,14H2,1-3H3,(H,24,26)(H,25,27). The molecule has 0 atom stereocenters. The van der Waals surface area contributed by atoms with Crippen LogP contribution in [0.2, 0.25) is 0 Å². The number of nitrogens with one attached hydrogen (secondary N) is 2. The fourth-order valence-electron chi connectivity index (χ4n) is 2.43. The number of unbranched alkanes of at least 4 members (excludes halogenated alkanes) is 1. The monoisotopic (exact) mass is 462 g/mol. The van der Waals surface area contributed by atoms with Gasteiger partial charge in [-0.25, -0.2) is 0 Å². The van der Waals surface area contributed by atoms with Gasteiger partial charge in [-0.05, 0) is 64.2 Å². The number of halogens is 1. The van der Waals surface area contributed by atoms with Crippen LogP contribution in [0.25, 0.3) is 0 Å². The van der Waals surface area contributed by atoms with E-state index in [1.54, 1.807) is 24.3 Å². The number of hydrogen-bond donors (Lipinski definition) is 2. The Morgan fingerprint density at radius 1 is 1.07 bits per heavy atom. The normalized spacial score (nSPS) is 10.5. The quantitative estimate of drug-likeness (QED) is 0.421. The van der Waals surface area contributed by atoms with Gasteiger partial charge in [-0.1, -0.05) is 39.3 Å². The minimum absolute atomic E-state index is 0.222. The lowest BCUT2D eigenvalue weighted by molar-refractivity contribution is -0.123. The summed E-state index contributed by atoms with van der Waals surface area (Å²) in [6, 6.07) is 12.6. The molecule has 0 saturated carbocycles. The largest absolute Gasteiger partial charge is 0.494 e. The van der Waals surface area contributed by atoms with E-state index in [-0.39, 0.29) is 6.61 Å². The third-order valence-corrected chi connectivity index (χ3v) is 4.78. The Kier molecular flexibility index (Phi) is 8.99. The van der Waals surface area contributed by atoms with Gasteiger partial charge in [0.05, 0.1) is 11.1 Å². The highest BCUT2D eigenvalue weighted by Gasteiger charge is 2.11. The van der Waals surface area contributed by atoms with Gasteiger partial charge in [0.15, 0.2) is 6.61 Å². The SMILES string of the molecule is CCCCOc1cccc(C(=O)NNC(=O)COc2ccc(C(C)C)cc2Br)c1. The van der Waals surface area contributed by atoms with E-state index < -0.39 is 11.8 Å². The van der Waals surface area contributed by atoms with Crippen molar-refractivity contribution >= 4 is 27.7 Å². The third kappa shape index (κ3) is 7.42. The smallest absolute Gasteiger partial charge is 0.276 e. The number of ether oxygens (including phenoxy) is 2. The third-order valence-electron chi connectivity index (χ3n) is 4.16. The minimum Gasteiger partial charge on any atom is -0.494 e. The summed E-state index contributed by atoms with van der Waals surface area (Å²) >= 11 is 3.45. The number of carbonyl (C=O) groups is 2. The number of benzene rings is 2. The Labute approximate surface area is 180 Å². The van der Waals surface area contributed by atoms with E-state index in [1.165, 1.54) is 5.56 Å². The molecule has 0 unspecified atom stereocenters. The molecule has 0 aliphatic rings. The summed E-state index contributed by atoms with van der Waals surface area (Å²) in [5, 5.41) is 0. The summed E-state index contributed by atoms with van der Waals surface area (Å²) in [5.41, 5.74) is 6.30. The van der Waals surface area contributed by atoms with Crippen LogP contribution in [0.15, 0.2) is 46.9 Å². The van der Waals surface area contributed by atoms with Gasteiger partial charge in [0.25, 0.3) is 11.8 Å². The lowest BCUT2D eigenvalue weighted by Crippen LogP contribution is -2.43. The number of hydrazine groups is 1. The second-order valence-electron chi connectivity index (χ2n) is 6.87. The molecular formula is C22H27BrN2O4.